The van der Waals surface area contributed by atoms with E-state index in [2.05, 4.69) is 20.3 Å². The van der Waals surface area contributed by atoms with E-state index in [1.165, 1.54) is 6.07 Å². The van der Waals surface area contributed by atoms with Crippen LogP contribution in [0.2, 0.25) is 0 Å². The van der Waals surface area contributed by atoms with Gasteiger partial charge in [0.1, 0.15) is 23.1 Å². The van der Waals surface area contributed by atoms with Crippen LogP contribution in [0.15, 0.2) is 33.5 Å². The lowest BCUT2D eigenvalue weighted by Crippen LogP contribution is -2.13. The molecular formula is C13H9N5O2. The van der Waals surface area contributed by atoms with E-state index in [1.807, 2.05) is 6.07 Å². The van der Waals surface area contributed by atoms with Crippen LogP contribution in [0.5, 0.6) is 0 Å². The quantitative estimate of drug-likeness (QED) is 0.733. The number of anilines is 2. The van der Waals surface area contributed by atoms with Gasteiger partial charge >= 0.3 is 5.69 Å². The van der Waals surface area contributed by atoms with Gasteiger partial charge in [-0.1, -0.05) is 0 Å². The van der Waals surface area contributed by atoms with Crippen LogP contribution < -0.4 is 11.0 Å². The molecule has 98 valence electrons. The second-order valence-electron chi connectivity index (χ2n) is 4.14. The van der Waals surface area contributed by atoms with Crippen molar-refractivity contribution in [1.82, 2.24) is 15.0 Å². The Kier molecular flexibility index (Phi) is 2.69. The highest BCUT2D eigenvalue weighted by Gasteiger charge is 2.05. The number of nitrogens with one attached hydrogen (secondary N) is 2. The van der Waals surface area contributed by atoms with E-state index in [9.17, 15) is 4.79 Å². The first-order valence-electron chi connectivity index (χ1n) is 5.80. The minimum Gasteiger partial charge on any atom is -0.441 e. The summed E-state index contributed by atoms with van der Waals surface area (Å²) in [7, 11) is 0. The van der Waals surface area contributed by atoms with E-state index in [0.717, 1.165) is 0 Å². The summed E-state index contributed by atoms with van der Waals surface area (Å²) in [5.41, 5.74) is 1.66. The zero-order valence-corrected chi connectivity index (χ0v) is 10.5. The molecule has 1 aromatic carbocycles. The summed E-state index contributed by atoms with van der Waals surface area (Å²) >= 11 is 0. The summed E-state index contributed by atoms with van der Waals surface area (Å²) in [4.78, 5) is 21.6. The second-order valence-corrected chi connectivity index (χ2v) is 4.14. The number of H-pyrrole nitrogens is 1. The fourth-order valence-corrected chi connectivity index (χ4v) is 1.85. The average molecular weight is 267 g/mol. The van der Waals surface area contributed by atoms with E-state index < -0.39 is 5.69 Å². The number of hydrogen-bond acceptors (Lipinski definition) is 6. The van der Waals surface area contributed by atoms with Crippen molar-refractivity contribution in [3.05, 3.63) is 46.3 Å². The Morgan fingerprint density at radius 1 is 1.35 bits per heavy atom. The molecule has 3 aromatic rings. The Labute approximate surface area is 112 Å². The predicted octanol–water partition coefficient (Wildman–Crippen LogP) is 1.83. The number of aromatic amines is 1. The number of aromatic nitrogens is 3. The van der Waals surface area contributed by atoms with Crippen LogP contribution in [-0.2, 0) is 0 Å². The van der Waals surface area contributed by atoms with E-state index in [0.29, 0.717) is 28.5 Å². The molecule has 2 aromatic heterocycles. The number of nitrogens with zero attached hydrogens (tertiary/aromatic N) is 3. The SMILES string of the molecule is Cc1nc2cc(Nc3cc(C#N)[nH]c(=O)n3)ccc2o1. The molecule has 0 aliphatic carbocycles. The van der Waals surface area contributed by atoms with Gasteiger partial charge in [0, 0.05) is 18.7 Å². The molecule has 0 saturated heterocycles. The van der Waals surface area contributed by atoms with Gasteiger partial charge in [-0.2, -0.15) is 10.2 Å². The summed E-state index contributed by atoms with van der Waals surface area (Å²) in [6.07, 6.45) is 0. The third-order valence-electron chi connectivity index (χ3n) is 2.63. The van der Waals surface area contributed by atoms with Gasteiger partial charge in [-0.05, 0) is 18.2 Å². The van der Waals surface area contributed by atoms with Gasteiger partial charge in [-0.15, -0.1) is 0 Å². The monoisotopic (exact) mass is 267 g/mol. The summed E-state index contributed by atoms with van der Waals surface area (Å²) in [5.74, 6) is 0.878. The number of nitriles is 1. The minimum atomic E-state index is -0.579. The van der Waals surface area contributed by atoms with Gasteiger partial charge in [0.15, 0.2) is 11.5 Å². The number of hydrogen-bond donors (Lipinski definition) is 2. The highest BCUT2D eigenvalue weighted by molar-refractivity contribution is 5.78. The van der Waals surface area contributed by atoms with E-state index >= 15 is 0 Å². The van der Waals surface area contributed by atoms with Crippen LogP contribution in [0, 0.1) is 18.3 Å². The van der Waals surface area contributed by atoms with Gasteiger partial charge in [0.05, 0.1) is 0 Å². The highest BCUT2D eigenvalue weighted by atomic mass is 16.3. The maximum atomic E-state index is 11.3. The third-order valence-corrected chi connectivity index (χ3v) is 2.63. The van der Waals surface area contributed by atoms with Crippen molar-refractivity contribution in [2.45, 2.75) is 6.92 Å². The smallest absolute Gasteiger partial charge is 0.347 e. The second kappa shape index (κ2) is 4.51. The first-order chi connectivity index (χ1) is 9.64. The van der Waals surface area contributed by atoms with Crippen molar-refractivity contribution in [3.63, 3.8) is 0 Å². The summed E-state index contributed by atoms with van der Waals surface area (Å²) in [5, 5.41) is 11.8. The standard InChI is InChI=1S/C13H9N5O2/c1-7-15-10-4-8(2-3-11(10)20-7)16-12-5-9(6-14)17-13(19)18-12/h2-5H,1H3,(H2,16,17,18,19). The maximum absolute atomic E-state index is 11.3. The number of benzene rings is 1. The van der Waals surface area contributed by atoms with Crippen molar-refractivity contribution < 1.29 is 4.42 Å². The molecule has 2 N–H and O–H groups in total. The molecule has 0 atom stereocenters. The first-order valence-corrected chi connectivity index (χ1v) is 5.80. The largest absolute Gasteiger partial charge is 0.441 e. The van der Waals surface area contributed by atoms with Crippen LogP contribution in [0.4, 0.5) is 11.5 Å². The van der Waals surface area contributed by atoms with Gasteiger partial charge in [0.25, 0.3) is 0 Å². The van der Waals surface area contributed by atoms with E-state index in [1.54, 1.807) is 25.1 Å². The molecule has 20 heavy (non-hydrogen) atoms. The molecule has 0 unspecified atom stereocenters. The number of fused-ring (bicyclic) bond motifs is 1. The molecular weight excluding hydrogens is 258 g/mol. The molecule has 0 aliphatic heterocycles. The van der Waals surface area contributed by atoms with Crippen molar-refractivity contribution in [2.24, 2.45) is 0 Å². The molecule has 0 radical (unpaired) electrons. The lowest BCUT2D eigenvalue weighted by molar-refractivity contribution is 0.561. The average Bonchev–Trinajstić information content (AvgIpc) is 2.77. The van der Waals surface area contributed by atoms with E-state index in [4.69, 9.17) is 9.68 Å². The number of aryl methyl sites for hydroxylation is 1. The minimum absolute atomic E-state index is 0.144. The Morgan fingerprint density at radius 3 is 3.00 bits per heavy atom. The topological polar surface area (TPSA) is 108 Å². The molecule has 3 rings (SSSR count). The zero-order chi connectivity index (χ0) is 14.1. The first kappa shape index (κ1) is 11.9. The molecule has 0 bridgehead atoms. The Morgan fingerprint density at radius 2 is 2.20 bits per heavy atom. The Hall–Kier alpha value is -3.14. The number of rotatable bonds is 2. The Balaban J connectivity index is 1.98. The van der Waals surface area contributed by atoms with Gasteiger partial charge in [-0.25, -0.2) is 9.78 Å². The van der Waals surface area contributed by atoms with Gasteiger partial charge in [-0.3, -0.25) is 4.98 Å². The molecule has 0 fully saturated rings. The Bertz CT molecular complexity index is 888. The predicted molar refractivity (Wildman–Crippen MR) is 71.6 cm³/mol. The lowest BCUT2D eigenvalue weighted by atomic mass is 10.3. The highest BCUT2D eigenvalue weighted by Crippen LogP contribution is 2.21. The molecule has 0 aliphatic rings. The van der Waals surface area contributed by atoms with Crippen LogP contribution >= 0.6 is 0 Å². The molecule has 0 saturated carbocycles. The zero-order valence-electron chi connectivity index (χ0n) is 10.5. The van der Waals surface area contributed by atoms with E-state index in [-0.39, 0.29) is 5.69 Å². The fraction of sp³-hybridized carbons (Fsp3) is 0.0769. The summed E-state index contributed by atoms with van der Waals surface area (Å²) < 4.78 is 5.38. The summed E-state index contributed by atoms with van der Waals surface area (Å²) in [6.45, 7) is 1.77. The molecule has 0 spiro atoms. The summed E-state index contributed by atoms with van der Waals surface area (Å²) in [6, 6.07) is 8.65. The van der Waals surface area contributed by atoms with Crippen LogP contribution in [0.3, 0.4) is 0 Å². The molecule has 7 nitrogen and oxygen atoms in total. The lowest BCUT2D eigenvalue weighted by Gasteiger charge is -2.04. The van der Waals surface area contributed by atoms with Crippen molar-refractivity contribution in [2.75, 3.05) is 5.32 Å². The van der Waals surface area contributed by atoms with Gasteiger partial charge in [0.2, 0.25) is 0 Å². The van der Waals surface area contributed by atoms with Crippen LogP contribution in [0.25, 0.3) is 11.1 Å². The van der Waals surface area contributed by atoms with Crippen LogP contribution in [-0.4, -0.2) is 15.0 Å². The van der Waals surface area contributed by atoms with Crippen LogP contribution in [0.1, 0.15) is 11.6 Å². The van der Waals surface area contributed by atoms with Crippen molar-refractivity contribution in [3.8, 4) is 6.07 Å². The normalized spacial score (nSPS) is 10.4. The van der Waals surface area contributed by atoms with Crippen molar-refractivity contribution in [1.29, 1.82) is 5.26 Å². The van der Waals surface area contributed by atoms with Gasteiger partial charge < -0.3 is 9.73 Å². The van der Waals surface area contributed by atoms with Crippen molar-refractivity contribution >= 4 is 22.6 Å². The molecule has 0 amide bonds. The number of oxazole rings is 1. The third kappa shape index (κ3) is 2.22. The molecule has 7 heteroatoms. The fourth-order valence-electron chi connectivity index (χ4n) is 1.85. The molecule has 2 heterocycles. The maximum Gasteiger partial charge on any atom is 0.347 e.